The normalized spacial score (nSPS) is 30.4. The number of nitrogens with one attached hydrogen (secondary N) is 1. The molecular formula is C28H40N2O5S. The second-order valence-corrected chi connectivity index (χ2v) is 12.4. The van der Waals surface area contributed by atoms with E-state index in [1.54, 1.807) is 21.3 Å². The second-order valence-electron chi connectivity index (χ2n) is 11.3. The van der Waals surface area contributed by atoms with Gasteiger partial charge >= 0.3 is 6.03 Å². The van der Waals surface area contributed by atoms with Gasteiger partial charge in [-0.25, -0.2) is 4.79 Å². The van der Waals surface area contributed by atoms with E-state index in [1.165, 1.54) is 31.0 Å². The zero-order valence-corrected chi connectivity index (χ0v) is 22.7. The van der Waals surface area contributed by atoms with Crippen molar-refractivity contribution in [2.75, 3.05) is 33.6 Å². The number of ether oxygens (including phenoxy) is 3. The van der Waals surface area contributed by atoms with Crippen LogP contribution in [0.15, 0.2) is 12.1 Å². The minimum absolute atomic E-state index is 0.00850. The molecule has 1 aliphatic heterocycles. The van der Waals surface area contributed by atoms with Crippen LogP contribution in [0.4, 0.5) is 4.79 Å². The predicted molar refractivity (Wildman–Crippen MR) is 141 cm³/mol. The van der Waals surface area contributed by atoms with E-state index in [9.17, 15) is 9.59 Å². The van der Waals surface area contributed by atoms with Gasteiger partial charge in [0, 0.05) is 17.8 Å². The molecule has 5 aliphatic rings. The molecule has 0 aromatic heterocycles. The van der Waals surface area contributed by atoms with Gasteiger partial charge in [-0.05, 0) is 99.7 Å². The standard InChI is InChI=1S/C28H40N2O5S/c1-33-23-13-18(14-24(34-2)25(23)35-3)6-5-9-36-26(31)22-7-4-8-30(22)27(32)29-28-15-19-10-20(16-28)12-21(11-19)17-28/h13-14,19-22H,4-12,15-17H2,1-3H3,(H,29,32)/t19?,20?,21?,22-,28?/m0/s1. The third-order valence-corrected chi connectivity index (χ3v) is 9.82. The molecule has 2 amide bonds. The monoisotopic (exact) mass is 516 g/mol. The molecule has 8 heteroatoms. The van der Waals surface area contributed by atoms with Crippen molar-refractivity contribution in [2.24, 2.45) is 17.8 Å². The van der Waals surface area contributed by atoms with Crippen molar-refractivity contribution >= 4 is 22.9 Å². The van der Waals surface area contributed by atoms with Crippen LogP contribution in [0, 0.1) is 17.8 Å². The van der Waals surface area contributed by atoms with Crippen LogP contribution >= 0.6 is 11.8 Å². The van der Waals surface area contributed by atoms with Crippen LogP contribution in [-0.4, -0.2) is 61.3 Å². The third kappa shape index (κ3) is 5.15. The summed E-state index contributed by atoms with van der Waals surface area (Å²) in [5, 5.41) is 3.59. The molecule has 4 saturated carbocycles. The van der Waals surface area contributed by atoms with Gasteiger partial charge in [0.2, 0.25) is 10.9 Å². The van der Waals surface area contributed by atoms with E-state index in [0.717, 1.165) is 74.0 Å². The van der Waals surface area contributed by atoms with Crippen LogP contribution in [-0.2, 0) is 11.2 Å². The highest BCUT2D eigenvalue weighted by Crippen LogP contribution is 2.55. The van der Waals surface area contributed by atoms with Crippen LogP contribution in [0.5, 0.6) is 17.2 Å². The fourth-order valence-corrected chi connectivity index (χ4v) is 8.57. The molecule has 1 atom stereocenters. The van der Waals surface area contributed by atoms with E-state index >= 15 is 0 Å². The maximum absolute atomic E-state index is 13.4. The Hall–Kier alpha value is -2.09. The summed E-state index contributed by atoms with van der Waals surface area (Å²) >= 11 is 1.36. The number of likely N-dealkylation sites (tertiary alicyclic amines) is 1. The summed E-state index contributed by atoms with van der Waals surface area (Å²) in [4.78, 5) is 28.3. The predicted octanol–water partition coefficient (Wildman–Crippen LogP) is 5.05. The highest BCUT2D eigenvalue weighted by molar-refractivity contribution is 8.13. The summed E-state index contributed by atoms with van der Waals surface area (Å²) in [6, 6.07) is 3.61. The SMILES string of the molecule is COc1cc(CCCSC(=O)[C@@H]2CCCN2C(=O)NC23CC4CC(CC(C4)C2)C3)cc(OC)c1OC. The van der Waals surface area contributed by atoms with Gasteiger partial charge < -0.3 is 24.4 Å². The fraction of sp³-hybridized carbons (Fsp3) is 0.714. The van der Waals surface area contributed by atoms with Crippen LogP contribution in [0.2, 0.25) is 0 Å². The Morgan fingerprint density at radius 3 is 2.17 bits per heavy atom. The van der Waals surface area contributed by atoms with Crippen LogP contribution in [0.3, 0.4) is 0 Å². The average molecular weight is 517 g/mol. The Balaban J connectivity index is 1.12. The third-order valence-electron chi connectivity index (χ3n) is 8.77. The molecule has 0 unspecified atom stereocenters. The summed E-state index contributed by atoms with van der Waals surface area (Å²) in [7, 11) is 4.82. The van der Waals surface area contributed by atoms with Crippen molar-refractivity contribution in [1.29, 1.82) is 0 Å². The summed E-state index contributed by atoms with van der Waals surface area (Å²) in [6.45, 7) is 0.681. The number of rotatable bonds is 9. The van der Waals surface area contributed by atoms with E-state index in [4.69, 9.17) is 14.2 Å². The van der Waals surface area contributed by atoms with Gasteiger partial charge in [0.15, 0.2) is 11.5 Å². The van der Waals surface area contributed by atoms with Gasteiger partial charge in [-0.3, -0.25) is 4.79 Å². The number of aryl methyl sites for hydroxylation is 1. The molecule has 7 nitrogen and oxygen atoms in total. The van der Waals surface area contributed by atoms with Crippen molar-refractivity contribution in [1.82, 2.24) is 10.2 Å². The summed E-state index contributed by atoms with van der Waals surface area (Å²) in [5.74, 6) is 4.94. The first-order valence-corrected chi connectivity index (χ1v) is 14.5. The molecule has 1 aromatic rings. The first kappa shape index (κ1) is 25.6. The lowest BCUT2D eigenvalue weighted by atomic mass is 9.53. The van der Waals surface area contributed by atoms with E-state index in [-0.39, 0.29) is 22.7 Å². The smallest absolute Gasteiger partial charge is 0.318 e. The van der Waals surface area contributed by atoms with Gasteiger partial charge in [-0.1, -0.05) is 11.8 Å². The molecule has 0 radical (unpaired) electrons. The van der Waals surface area contributed by atoms with Gasteiger partial charge in [0.05, 0.1) is 21.3 Å². The number of carbonyl (C=O) groups excluding carboxylic acids is 2. The average Bonchev–Trinajstić information content (AvgIpc) is 3.35. The Morgan fingerprint density at radius 2 is 1.61 bits per heavy atom. The lowest BCUT2D eigenvalue weighted by Crippen LogP contribution is -2.62. The molecule has 0 spiro atoms. The molecule has 6 rings (SSSR count). The number of urea groups is 1. The van der Waals surface area contributed by atoms with Gasteiger partial charge in [0.1, 0.15) is 6.04 Å². The maximum Gasteiger partial charge on any atom is 0.318 e. The molecule has 5 fully saturated rings. The van der Waals surface area contributed by atoms with Gasteiger partial charge in [-0.15, -0.1) is 0 Å². The van der Waals surface area contributed by atoms with Crippen molar-refractivity contribution in [3.05, 3.63) is 17.7 Å². The summed E-state index contributed by atoms with van der Waals surface area (Å²) in [5.41, 5.74) is 1.06. The lowest BCUT2D eigenvalue weighted by Gasteiger charge is -2.57. The molecule has 1 aromatic carbocycles. The Morgan fingerprint density at radius 1 is 1.00 bits per heavy atom. The summed E-state index contributed by atoms with van der Waals surface area (Å²) < 4.78 is 16.3. The second kappa shape index (κ2) is 10.7. The summed E-state index contributed by atoms with van der Waals surface area (Å²) in [6.07, 6.45) is 10.8. The molecule has 1 saturated heterocycles. The molecule has 36 heavy (non-hydrogen) atoms. The van der Waals surface area contributed by atoms with E-state index in [2.05, 4.69) is 5.32 Å². The highest BCUT2D eigenvalue weighted by atomic mass is 32.2. The van der Waals surface area contributed by atoms with Crippen LogP contribution in [0.1, 0.15) is 63.4 Å². The Bertz CT molecular complexity index is 922. The number of carbonyl (C=O) groups is 2. The van der Waals surface area contributed by atoms with E-state index < -0.39 is 0 Å². The largest absolute Gasteiger partial charge is 0.493 e. The zero-order valence-electron chi connectivity index (χ0n) is 21.8. The fourth-order valence-electron chi connectivity index (χ4n) is 7.64. The van der Waals surface area contributed by atoms with E-state index in [1.807, 2.05) is 17.0 Å². The van der Waals surface area contributed by atoms with Gasteiger partial charge in [0.25, 0.3) is 0 Å². The Labute approximate surface area is 219 Å². The number of hydrogen-bond donors (Lipinski definition) is 1. The van der Waals surface area contributed by atoms with Crippen molar-refractivity contribution in [3.8, 4) is 17.2 Å². The number of nitrogens with zero attached hydrogens (tertiary/aromatic N) is 1. The molecule has 4 aliphatic carbocycles. The first-order chi connectivity index (χ1) is 17.4. The number of hydrogen-bond acceptors (Lipinski definition) is 6. The minimum atomic E-state index is -0.301. The lowest BCUT2D eigenvalue weighted by molar-refractivity contribution is -0.114. The number of amides is 2. The molecule has 1 heterocycles. The molecular weight excluding hydrogens is 476 g/mol. The highest BCUT2D eigenvalue weighted by Gasteiger charge is 2.52. The molecule has 1 N–H and O–H groups in total. The maximum atomic E-state index is 13.4. The van der Waals surface area contributed by atoms with E-state index in [0.29, 0.717) is 23.8 Å². The molecule has 4 bridgehead atoms. The minimum Gasteiger partial charge on any atom is -0.493 e. The Kier molecular flexibility index (Phi) is 7.61. The first-order valence-electron chi connectivity index (χ1n) is 13.5. The van der Waals surface area contributed by atoms with Crippen molar-refractivity contribution in [3.63, 3.8) is 0 Å². The van der Waals surface area contributed by atoms with Crippen molar-refractivity contribution < 1.29 is 23.8 Å². The molecule has 198 valence electrons. The number of methoxy groups -OCH3 is 3. The van der Waals surface area contributed by atoms with Crippen molar-refractivity contribution in [2.45, 2.75) is 75.8 Å². The van der Waals surface area contributed by atoms with Crippen LogP contribution < -0.4 is 19.5 Å². The van der Waals surface area contributed by atoms with Gasteiger partial charge in [-0.2, -0.15) is 0 Å². The number of thioether (sulfide) groups is 1. The number of benzene rings is 1. The quantitative estimate of drug-likeness (QED) is 0.463. The van der Waals surface area contributed by atoms with Crippen LogP contribution in [0.25, 0.3) is 0 Å². The topological polar surface area (TPSA) is 77.1 Å². The zero-order chi connectivity index (χ0) is 25.3.